The quantitative estimate of drug-likeness (QED) is 0.906. The second-order valence-electron chi connectivity index (χ2n) is 7.58. The standard InChI is InChI=1S/C21H27N3O/c25-19-12-18(13-19)20-14-21(23-15-22-20)24-10-8-17(9-11-24)7-6-16-4-2-1-3-5-16/h1-5,14-15,17-19,25H,6-13H2. The molecule has 2 aliphatic rings. The normalized spacial score (nSPS) is 24.1. The number of piperidine rings is 1. The Morgan fingerprint density at radius 2 is 1.80 bits per heavy atom. The summed E-state index contributed by atoms with van der Waals surface area (Å²) in [5, 5.41) is 9.51. The first-order chi connectivity index (χ1) is 12.3. The molecular weight excluding hydrogens is 310 g/mol. The van der Waals surface area contributed by atoms with Gasteiger partial charge in [0.15, 0.2) is 0 Å². The van der Waals surface area contributed by atoms with E-state index < -0.39 is 0 Å². The van der Waals surface area contributed by atoms with Crippen LogP contribution in [0.25, 0.3) is 0 Å². The molecule has 0 bridgehead atoms. The van der Waals surface area contributed by atoms with E-state index in [1.54, 1.807) is 6.33 Å². The number of benzene rings is 1. The van der Waals surface area contributed by atoms with Gasteiger partial charge in [0.25, 0.3) is 0 Å². The summed E-state index contributed by atoms with van der Waals surface area (Å²) in [6, 6.07) is 12.9. The highest BCUT2D eigenvalue weighted by molar-refractivity contribution is 5.40. The number of aromatic nitrogens is 2. The maximum Gasteiger partial charge on any atom is 0.132 e. The van der Waals surface area contributed by atoms with E-state index >= 15 is 0 Å². The lowest BCUT2D eigenvalue weighted by molar-refractivity contribution is 0.0732. The summed E-state index contributed by atoms with van der Waals surface area (Å²) in [5.74, 6) is 2.30. The van der Waals surface area contributed by atoms with Crippen LogP contribution < -0.4 is 4.90 Å². The molecule has 25 heavy (non-hydrogen) atoms. The first-order valence-corrected chi connectivity index (χ1v) is 9.57. The molecule has 1 aromatic heterocycles. The van der Waals surface area contributed by atoms with Gasteiger partial charge in [0.05, 0.1) is 6.10 Å². The number of anilines is 1. The second kappa shape index (κ2) is 7.52. The molecule has 1 aliphatic carbocycles. The molecule has 0 unspecified atom stereocenters. The zero-order valence-corrected chi connectivity index (χ0v) is 14.7. The average Bonchev–Trinajstić information content (AvgIpc) is 2.65. The van der Waals surface area contributed by atoms with E-state index in [-0.39, 0.29) is 6.10 Å². The van der Waals surface area contributed by atoms with Crippen molar-refractivity contribution in [3.05, 3.63) is 54.0 Å². The number of hydrogen-bond donors (Lipinski definition) is 1. The van der Waals surface area contributed by atoms with Gasteiger partial charge in [-0.2, -0.15) is 0 Å². The van der Waals surface area contributed by atoms with Crippen LogP contribution in [0.5, 0.6) is 0 Å². The Labute approximate surface area is 149 Å². The van der Waals surface area contributed by atoms with Crippen molar-refractivity contribution in [3.8, 4) is 0 Å². The molecule has 2 heterocycles. The van der Waals surface area contributed by atoms with Crippen LogP contribution in [-0.4, -0.2) is 34.3 Å². The van der Waals surface area contributed by atoms with Gasteiger partial charge in [-0.3, -0.25) is 0 Å². The third-order valence-electron chi connectivity index (χ3n) is 5.83. The number of aliphatic hydroxyl groups excluding tert-OH is 1. The van der Waals surface area contributed by atoms with Crippen molar-refractivity contribution in [1.82, 2.24) is 9.97 Å². The van der Waals surface area contributed by atoms with E-state index in [4.69, 9.17) is 0 Å². The van der Waals surface area contributed by atoms with Gasteiger partial charge in [-0.05, 0) is 50.0 Å². The summed E-state index contributed by atoms with van der Waals surface area (Å²) in [7, 11) is 0. The molecule has 4 heteroatoms. The maximum absolute atomic E-state index is 9.51. The minimum absolute atomic E-state index is 0.135. The predicted molar refractivity (Wildman–Crippen MR) is 99.7 cm³/mol. The number of aryl methyl sites for hydroxylation is 1. The molecule has 2 aromatic rings. The third-order valence-corrected chi connectivity index (χ3v) is 5.83. The average molecular weight is 337 g/mol. The summed E-state index contributed by atoms with van der Waals surface area (Å²) in [4.78, 5) is 11.3. The molecule has 1 saturated heterocycles. The predicted octanol–water partition coefficient (Wildman–Crippen LogP) is 3.56. The lowest BCUT2D eigenvalue weighted by Crippen LogP contribution is -2.35. The fraction of sp³-hybridized carbons (Fsp3) is 0.524. The van der Waals surface area contributed by atoms with E-state index in [9.17, 15) is 5.11 Å². The molecule has 2 fully saturated rings. The van der Waals surface area contributed by atoms with Crippen molar-refractivity contribution in [1.29, 1.82) is 0 Å². The number of aliphatic hydroxyl groups is 1. The minimum atomic E-state index is -0.135. The summed E-state index contributed by atoms with van der Waals surface area (Å²) >= 11 is 0. The summed E-state index contributed by atoms with van der Waals surface area (Å²) in [6.07, 6.45) is 8.21. The molecule has 1 aliphatic heterocycles. The van der Waals surface area contributed by atoms with Crippen molar-refractivity contribution in [2.45, 2.75) is 50.5 Å². The Balaban J connectivity index is 1.29. The van der Waals surface area contributed by atoms with Crippen LogP contribution in [0.2, 0.25) is 0 Å². The molecule has 1 saturated carbocycles. The van der Waals surface area contributed by atoms with E-state index in [2.05, 4.69) is 51.3 Å². The molecule has 0 atom stereocenters. The molecule has 1 aromatic carbocycles. The van der Waals surface area contributed by atoms with Gasteiger partial charge in [-0.1, -0.05) is 30.3 Å². The van der Waals surface area contributed by atoms with Crippen LogP contribution in [0, 0.1) is 5.92 Å². The third kappa shape index (κ3) is 4.01. The molecular formula is C21H27N3O. The van der Waals surface area contributed by atoms with Crippen LogP contribution in [0.15, 0.2) is 42.7 Å². The van der Waals surface area contributed by atoms with Crippen molar-refractivity contribution < 1.29 is 5.11 Å². The molecule has 4 nitrogen and oxygen atoms in total. The van der Waals surface area contributed by atoms with E-state index in [0.29, 0.717) is 5.92 Å². The number of hydrogen-bond acceptors (Lipinski definition) is 4. The second-order valence-corrected chi connectivity index (χ2v) is 7.58. The summed E-state index contributed by atoms with van der Waals surface area (Å²) in [6.45, 7) is 2.17. The highest BCUT2D eigenvalue weighted by atomic mass is 16.3. The lowest BCUT2D eigenvalue weighted by atomic mass is 9.80. The first-order valence-electron chi connectivity index (χ1n) is 9.57. The smallest absolute Gasteiger partial charge is 0.132 e. The molecule has 132 valence electrons. The minimum Gasteiger partial charge on any atom is -0.393 e. The van der Waals surface area contributed by atoms with Crippen molar-refractivity contribution >= 4 is 5.82 Å². The van der Waals surface area contributed by atoms with Gasteiger partial charge in [-0.15, -0.1) is 0 Å². The van der Waals surface area contributed by atoms with Gasteiger partial charge in [0, 0.05) is 30.8 Å². The fourth-order valence-electron chi connectivity index (χ4n) is 4.05. The Hall–Kier alpha value is -1.94. The topological polar surface area (TPSA) is 49.2 Å². The van der Waals surface area contributed by atoms with Crippen molar-refractivity contribution in [2.24, 2.45) is 5.92 Å². The van der Waals surface area contributed by atoms with Gasteiger partial charge < -0.3 is 10.0 Å². The fourth-order valence-corrected chi connectivity index (χ4v) is 4.05. The zero-order valence-electron chi connectivity index (χ0n) is 14.7. The first kappa shape index (κ1) is 16.5. The Bertz CT molecular complexity index is 677. The highest BCUT2D eigenvalue weighted by Gasteiger charge is 2.30. The number of nitrogens with zero attached hydrogens (tertiary/aromatic N) is 3. The largest absolute Gasteiger partial charge is 0.393 e. The van der Waals surface area contributed by atoms with Crippen LogP contribution in [0.1, 0.15) is 49.3 Å². The van der Waals surface area contributed by atoms with Gasteiger partial charge in [0.2, 0.25) is 0 Å². The molecule has 4 rings (SSSR count). The SMILES string of the molecule is OC1CC(c2cc(N3CCC(CCc4ccccc4)CC3)ncn2)C1. The maximum atomic E-state index is 9.51. The van der Waals surface area contributed by atoms with Gasteiger partial charge >= 0.3 is 0 Å². The van der Waals surface area contributed by atoms with Crippen LogP contribution in [-0.2, 0) is 6.42 Å². The van der Waals surface area contributed by atoms with E-state index in [1.807, 2.05) is 0 Å². The van der Waals surface area contributed by atoms with Gasteiger partial charge in [-0.25, -0.2) is 9.97 Å². The molecule has 1 N–H and O–H groups in total. The Morgan fingerprint density at radius 3 is 2.52 bits per heavy atom. The lowest BCUT2D eigenvalue weighted by Gasteiger charge is -2.34. The highest BCUT2D eigenvalue weighted by Crippen LogP contribution is 2.36. The Kier molecular flexibility index (Phi) is 4.97. The summed E-state index contributed by atoms with van der Waals surface area (Å²) in [5.41, 5.74) is 2.55. The van der Waals surface area contributed by atoms with Crippen molar-refractivity contribution in [2.75, 3.05) is 18.0 Å². The van der Waals surface area contributed by atoms with Crippen LogP contribution in [0.4, 0.5) is 5.82 Å². The number of rotatable bonds is 5. The van der Waals surface area contributed by atoms with Crippen LogP contribution >= 0.6 is 0 Å². The van der Waals surface area contributed by atoms with Gasteiger partial charge in [0.1, 0.15) is 12.1 Å². The van der Waals surface area contributed by atoms with Crippen molar-refractivity contribution in [3.63, 3.8) is 0 Å². The molecule has 0 radical (unpaired) electrons. The monoisotopic (exact) mass is 337 g/mol. The van der Waals surface area contributed by atoms with Crippen LogP contribution in [0.3, 0.4) is 0 Å². The molecule has 0 amide bonds. The van der Waals surface area contributed by atoms with E-state index in [0.717, 1.165) is 43.4 Å². The molecule has 0 spiro atoms. The van der Waals surface area contributed by atoms with E-state index in [1.165, 1.54) is 31.2 Å². The summed E-state index contributed by atoms with van der Waals surface area (Å²) < 4.78 is 0. The Morgan fingerprint density at radius 1 is 1.04 bits per heavy atom. The zero-order chi connectivity index (χ0) is 17.1.